The van der Waals surface area contributed by atoms with Gasteiger partial charge in [0.05, 0.1) is 6.61 Å². The molecule has 28 heavy (non-hydrogen) atoms. The van der Waals surface area contributed by atoms with Gasteiger partial charge in [-0.25, -0.2) is 4.79 Å². The van der Waals surface area contributed by atoms with Gasteiger partial charge in [-0.2, -0.15) is 0 Å². The van der Waals surface area contributed by atoms with Crippen molar-refractivity contribution in [3.8, 4) is 0 Å². The predicted octanol–water partition coefficient (Wildman–Crippen LogP) is 2.52. The number of benzene rings is 1. The van der Waals surface area contributed by atoms with E-state index in [-0.39, 0.29) is 24.5 Å². The lowest BCUT2D eigenvalue weighted by atomic mass is 10.0. The first kappa shape index (κ1) is 20.2. The van der Waals surface area contributed by atoms with Gasteiger partial charge >= 0.3 is 6.09 Å². The number of ether oxygens (including phenoxy) is 1. The van der Waals surface area contributed by atoms with Crippen molar-refractivity contribution >= 4 is 17.9 Å². The summed E-state index contributed by atoms with van der Waals surface area (Å²) in [5.41, 5.74) is 0.669. The Balaban J connectivity index is 1.74. The number of nitrogens with one attached hydrogen (secondary N) is 2. The van der Waals surface area contributed by atoms with Crippen LogP contribution in [-0.2, 0) is 14.3 Å². The van der Waals surface area contributed by atoms with Gasteiger partial charge in [0.15, 0.2) is 0 Å². The zero-order valence-corrected chi connectivity index (χ0v) is 16.4. The molecule has 1 heterocycles. The Morgan fingerprint density at radius 3 is 2.50 bits per heavy atom. The maximum Gasteiger partial charge on any atom is 0.408 e. The van der Waals surface area contributed by atoms with Gasteiger partial charge in [-0.05, 0) is 38.2 Å². The van der Waals surface area contributed by atoms with Gasteiger partial charge in [-0.3, -0.25) is 9.59 Å². The molecular formula is C21H29N3O4. The van der Waals surface area contributed by atoms with E-state index in [4.69, 9.17) is 4.74 Å². The minimum Gasteiger partial charge on any atom is -0.450 e. The summed E-state index contributed by atoms with van der Waals surface area (Å²) in [6.07, 6.45) is 5.05. The number of amides is 3. The molecule has 152 valence electrons. The lowest BCUT2D eigenvalue weighted by Crippen LogP contribution is -2.51. The van der Waals surface area contributed by atoms with Crippen LogP contribution in [0.4, 0.5) is 4.79 Å². The van der Waals surface area contributed by atoms with Crippen LogP contribution in [0.3, 0.4) is 0 Å². The minimum absolute atomic E-state index is 0.0827. The fraction of sp³-hybridized carbons (Fsp3) is 0.571. The van der Waals surface area contributed by atoms with E-state index in [1.807, 2.05) is 18.2 Å². The van der Waals surface area contributed by atoms with Crippen LogP contribution in [0, 0.1) is 0 Å². The van der Waals surface area contributed by atoms with E-state index in [2.05, 4.69) is 10.6 Å². The van der Waals surface area contributed by atoms with Crippen LogP contribution in [0.2, 0.25) is 0 Å². The number of hydrogen-bond donors (Lipinski definition) is 2. The molecule has 0 spiro atoms. The first-order chi connectivity index (χ1) is 13.6. The highest BCUT2D eigenvalue weighted by molar-refractivity contribution is 5.92. The predicted molar refractivity (Wildman–Crippen MR) is 104 cm³/mol. The largest absolute Gasteiger partial charge is 0.450 e. The molecule has 7 nitrogen and oxygen atoms in total. The van der Waals surface area contributed by atoms with Crippen LogP contribution < -0.4 is 10.6 Å². The molecule has 2 N–H and O–H groups in total. The Morgan fingerprint density at radius 1 is 1.11 bits per heavy atom. The third-order valence-electron chi connectivity index (χ3n) is 5.46. The standard InChI is InChI=1S/C21H29N3O4/c1-2-28-21(27)23-18(15-9-4-3-5-10-15)20(26)24-14-8-13-17(24)19(25)22-16-11-6-7-12-16/h3-5,9-10,16-18H,2,6-8,11-14H2,1H3,(H,22,25)(H,23,27)/t17-,18-/m0/s1. The molecule has 0 bridgehead atoms. The first-order valence-electron chi connectivity index (χ1n) is 10.2. The van der Waals surface area contributed by atoms with Gasteiger partial charge in [0, 0.05) is 12.6 Å². The number of hydrogen-bond acceptors (Lipinski definition) is 4. The molecule has 2 aliphatic rings. The highest BCUT2D eigenvalue weighted by Crippen LogP contribution is 2.25. The number of carbonyl (C=O) groups is 3. The molecule has 2 atom stereocenters. The quantitative estimate of drug-likeness (QED) is 0.785. The summed E-state index contributed by atoms with van der Waals surface area (Å²) in [6.45, 7) is 2.44. The molecule has 2 fully saturated rings. The molecule has 7 heteroatoms. The normalized spacial score (nSPS) is 20.6. The van der Waals surface area contributed by atoms with Crippen molar-refractivity contribution in [1.29, 1.82) is 0 Å². The van der Waals surface area contributed by atoms with Crippen LogP contribution in [0.15, 0.2) is 30.3 Å². The van der Waals surface area contributed by atoms with Gasteiger partial charge in [0.2, 0.25) is 5.91 Å². The molecule has 1 aromatic carbocycles. The Labute approximate surface area is 165 Å². The Morgan fingerprint density at radius 2 is 1.82 bits per heavy atom. The maximum atomic E-state index is 13.3. The SMILES string of the molecule is CCOC(=O)N[C@H](C(=O)N1CCC[C@H]1C(=O)NC1CCCC1)c1ccccc1. The van der Waals surface area contributed by atoms with Crippen molar-refractivity contribution in [3.05, 3.63) is 35.9 Å². The average Bonchev–Trinajstić information content (AvgIpc) is 3.38. The van der Waals surface area contributed by atoms with Crippen molar-refractivity contribution in [3.63, 3.8) is 0 Å². The highest BCUT2D eigenvalue weighted by atomic mass is 16.5. The Hall–Kier alpha value is -2.57. The molecule has 3 rings (SSSR count). The van der Waals surface area contributed by atoms with Gasteiger partial charge in [-0.15, -0.1) is 0 Å². The van der Waals surface area contributed by atoms with E-state index < -0.39 is 18.2 Å². The van der Waals surface area contributed by atoms with Gasteiger partial charge in [0.25, 0.3) is 5.91 Å². The lowest BCUT2D eigenvalue weighted by molar-refractivity contribution is -0.140. The van der Waals surface area contributed by atoms with E-state index in [0.717, 1.165) is 32.1 Å². The Bertz CT molecular complexity index is 688. The van der Waals surface area contributed by atoms with Crippen LogP contribution in [-0.4, -0.2) is 48.0 Å². The first-order valence-corrected chi connectivity index (χ1v) is 10.2. The number of carbonyl (C=O) groups excluding carboxylic acids is 3. The van der Waals surface area contributed by atoms with E-state index >= 15 is 0 Å². The van der Waals surface area contributed by atoms with Crippen molar-refractivity contribution in [2.75, 3.05) is 13.2 Å². The summed E-state index contributed by atoms with van der Waals surface area (Å²) in [5.74, 6) is -0.357. The Kier molecular flexibility index (Phi) is 6.90. The molecule has 3 amide bonds. The van der Waals surface area contributed by atoms with Crippen LogP contribution in [0.25, 0.3) is 0 Å². The van der Waals surface area contributed by atoms with Gasteiger partial charge in [0.1, 0.15) is 12.1 Å². The zero-order valence-electron chi connectivity index (χ0n) is 16.4. The fourth-order valence-corrected chi connectivity index (χ4v) is 4.06. The average molecular weight is 387 g/mol. The lowest BCUT2D eigenvalue weighted by Gasteiger charge is -2.29. The van der Waals surface area contributed by atoms with E-state index in [0.29, 0.717) is 18.5 Å². The molecule has 1 saturated heterocycles. The second-order valence-electron chi connectivity index (χ2n) is 7.39. The zero-order chi connectivity index (χ0) is 19.9. The third kappa shape index (κ3) is 4.82. The highest BCUT2D eigenvalue weighted by Gasteiger charge is 2.39. The van der Waals surface area contributed by atoms with E-state index in [9.17, 15) is 14.4 Å². The summed E-state index contributed by atoms with van der Waals surface area (Å²) in [7, 11) is 0. The van der Waals surface area contributed by atoms with Crippen molar-refractivity contribution in [1.82, 2.24) is 15.5 Å². The van der Waals surface area contributed by atoms with Crippen LogP contribution in [0.5, 0.6) is 0 Å². The smallest absolute Gasteiger partial charge is 0.408 e. The van der Waals surface area contributed by atoms with Crippen molar-refractivity contribution < 1.29 is 19.1 Å². The summed E-state index contributed by atoms with van der Waals surface area (Å²) in [4.78, 5) is 39.7. The van der Waals surface area contributed by atoms with Crippen LogP contribution in [0.1, 0.15) is 57.1 Å². The molecule has 1 saturated carbocycles. The second kappa shape index (κ2) is 9.57. The minimum atomic E-state index is -0.875. The molecule has 1 aliphatic carbocycles. The molecule has 0 radical (unpaired) electrons. The topological polar surface area (TPSA) is 87.7 Å². The summed E-state index contributed by atoms with van der Waals surface area (Å²) < 4.78 is 4.97. The molecular weight excluding hydrogens is 358 g/mol. The second-order valence-corrected chi connectivity index (χ2v) is 7.39. The van der Waals surface area contributed by atoms with Crippen molar-refractivity contribution in [2.45, 2.75) is 63.6 Å². The summed E-state index contributed by atoms with van der Waals surface area (Å²) in [6, 6.07) is 7.92. The van der Waals surface area contributed by atoms with Gasteiger partial charge in [-0.1, -0.05) is 43.2 Å². The van der Waals surface area contributed by atoms with E-state index in [1.54, 1.807) is 24.0 Å². The number of rotatable bonds is 6. The monoisotopic (exact) mass is 387 g/mol. The number of alkyl carbamates (subject to hydrolysis) is 1. The van der Waals surface area contributed by atoms with E-state index in [1.165, 1.54) is 0 Å². The molecule has 1 aromatic rings. The maximum absolute atomic E-state index is 13.3. The molecule has 1 aliphatic heterocycles. The summed E-state index contributed by atoms with van der Waals surface area (Å²) >= 11 is 0. The molecule has 0 unspecified atom stereocenters. The third-order valence-corrected chi connectivity index (χ3v) is 5.46. The number of nitrogens with zero attached hydrogens (tertiary/aromatic N) is 1. The fourth-order valence-electron chi connectivity index (χ4n) is 4.06. The molecule has 0 aromatic heterocycles. The summed E-state index contributed by atoms with van der Waals surface area (Å²) in [5, 5.41) is 5.76. The number of likely N-dealkylation sites (tertiary alicyclic amines) is 1. The van der Waals surface area contributed by atoms with Crippen molar-refractivity contribution in [2.24, 2.45) is 0 Å². The van der Waals surface area contributed by atoms with Crippen LogP contribution >= 0.6 is 0 Å². The van der Waals surface area contributed by atoms with Gasteiger partial charge < -0.3 is 20.3 Å².